The van der Waals surface area contributed by atoms with Gasteiger partial charge < -0.3 is 19.9 Å². The molecule has 0 radical (unpaired) electrons. The lowest BCUT2D eigenvalue weighted by Crippen LogP contribution is -2.26. The lowest BCUT2D eigenvalue weighted by Gasteiger charge is -2.06. The molecular weight excluding hydrogens is 284 g/mol. The molecule has 1 rings (SSSR count). The van der Waals surface area contributed by atoms with E-state index >= 15 is 0 Å². The van der Waals surface area contributed by atoms with E-state index in [9.17, 15) is 9.90 Å². The summed E-state index contributed by atoms with van der Waals surface area (Å²) in [7, 11) is 1.43. The molecule has 0 saturated heterocycles. The fraction of sp³-hybridized carbons (Fsp3) is 0.375. The summed E-state index contributed by atoms with van der Waals surface area (Å²) in [4.78, 5) is 11.9. The molecule has 1 aromatic rings. The highest BCUT2D eigenvalue weighted by molar-refractivity contribution is 6.01. The summed E-state index contributed by atoms with van der Waals surface area (Å²) in [5, 5.41) is 21.3. The van der Waals surface area contributed by atoms with Crippen molar-refractivity contribution in [3.8, 4) is 17.6 Å². The third kappa shape index (κ3) is 5.46. The first-order valence-corrected chi connectivity index (χ1v) is 6.97. The van der Waals surface area contributed by atoms with Crippen LogP contribution in [-0.2, 0) is 9.53 Å². The first-order valence-electron chi connectivity index (χ1n) is 6.97. The number of carbonyl (C=O) groups excluding carboxylic acids is 1. The van der Waals surface area contributed by atoms with E-state index in [0.29, 0.717) is 31.7 Å². The molecule has 1 amide bonds. The molecule has 0 saturated carbocycles. The summed E-state index contributed by atoms with van der Waals surface area (Å²) < 4.78 is 10.2. The standard InChI is InChI=1S/C16H20N2O4/c1-3-22-8-4-7-18-16(20)13(11-17)9-12-5-6-14(19)15(10-12)21-2/h5-6,9-10,19H,3-4,7-8H2,1-2H3,(H,18,20)/b13-9-. The maximum absolute atomic E-state index is 11.9. The van der Waals surface area contributed by atoms with Gasteiger partial charge in [0.2, 0.25) is 0 Å². The van der Waals surface area contributed by atoms with Gasteiger partial charge in [-0.2, -0.15) is 5.26 Å². The Kier molecular flexibility index (Phi) is 7.51. The lowest BCUT2D eigenvalue weighted by atomic mass is 10.1. The van der Waals surface area contributed by atoms with Crippen molar-refractivity contribution in [3.63, 3.8) is 0 Å². The van der Waals surface area contributed by atoms with Crippen molar-refractivity contribution in [1.29, 1.82) is 5.26 Å². The van der Waals surface area contributed by atoms with Crippen molar-refractivity contribution in [2.75, 3.05) is 26.9 Å². The van der Waals surface area contributed by atoms with Gasteiger partial charge in [0.05, 0.1) is 7.11 Å². The number of hydrogen-bond acceptors (Lipinski definition) is 5. The molecule has 2 N–H and O–H groups in total. The van der Waals surface area contributed by atoms with Crippen molar-refractivity contribution >= 4 is 12.0 Å². The minimum absolute atomic E-state index is 0.00136. The van der Waals surface area contributed by atoms with Gasteiger partial charge in [-0.05, 0) is 37.1 Å². The predicted molar refractivity (Wildman–Crippen MR) is 82.4 cm³/mol. The van der Waals surface area contributed by atoms with Crippen LogP contribution in [0.1, 0.15) is 18.9 Å². The maximum Gasteiger partial charge on any atom is 0.261 e. The van der Waals surface area contributed by atoms with E-state index in [1.807, 2.05) is 13.0 Å². The summed E-state index contributed by atoms with van der Waals surface area (Å²) in [6.07, 6.45) is 2.13. The molecule has 0 atom stereocenters. The number of benzene rings is 1. The molecule has 0 aliphatic carbocycles. The summed E-state index contributed by atoms with van der Waals surface area (Å²) in [5.41, 5.74) is 0.583. The molecule has 0 spiro atoms. The maximum atomic E-state index is 11.9. The topological polar surface area (TPSA) is 91.6 Å². The van der Waals surface area contributed by atoms with Gasteiger partial charge in [0.1, 0.15) is 11.6 Å². The molecule has 22 heavy (non-hydrogen) atoms. The largest absolute Gasteiger partial charge is 0.504 e. The quantitative estimate of drug-likeness (QED) is 0.434. The number of phenols is 1. The van der Waals surface area contributed by atoms with Crippen LogP contribution in [0.2, 0.25) is 0 Å². The number of ether oxygens (including phenoxy) is 2. The highest BCUT2D eigenvalue weighted by atomic mass is 16.5. The van der Waals surface area contributed by atoms with Crippen LogP contribution >= 0.6 is 0 Å². The average Bonchev–Trinajstić information content (AvgIpc) is 2.53. The molecule has 6 heteroatoms. The monoisotopic (exact) mass is 304 g/mol. The van der Waals surface area contributed by atoms with Gasteiger partial charge in [0.25, 0.3) is 5.91 Å². The van der Waals surface area contributed by atoms with Crippen LogP contribution < -0.4 is 10.1 Å². The minimum Gasteiger partial charge on any atom is -0.504 e. The van der Waals surface area contributed by atoms with Crippen molar-refractivity contribution in [2.45, 2.75) is 13.3 Å². The minimum atomic E-state index is -0.439. The van der Waals surface area contributed by atoms with Crippen LogP contribution in [0.25, 0.3) is 6.08 Å². The third-order valence-electron chi connectivity index (χ3n) is 2.83. The van der Waals surface area contributed by atoms with E-state index in [0.717, 1.165) is 0 Å². The number of aromatic hydroxyl groups is 1. The van der Waals surface area contributed by atoms with Crippen LogP contribution in [-0.4, -0.2) is 37.9 Å². The number of amides is 1. The zero-order valence-electron chi connectivity index (χ0n) is 12.8. The van der Waals surface area contributed by atoms with Gasteiger partial charge in [-0.1, -0.05) is 6.07 Å². The highest BCUT2D eigenvalue weighted by Crippen LogP contribution is 2.27. The van der Waals surface area contributed by atoms with Crippen molar-refractivity contribution in [3.05, 3.63) is 29.3 Å². The number of methoxy groups -OCH3 is 1. The van der Waals surface area contributed by atoms with E-state index in [4.69, 9.17) is 14.7 Å². The Morgan fingerprint density at radius 1 is 1.50 bits per heavy atom. The van der Waals surface area contributed by atoms with Gasteiger partial charge in [-0.25, -0.2) is 0 Å². The fourth-order valence-electron chi connectivity index (χ4n) is 1.71. The zero-order chi connectivity index (χ0) is 16.4. The molecule has 0 aromatic heterocycles. The van der Waals surface area contributed by atoms with Crippen LogP contribution in [0.4, 0.5) is 0 Å². The fourth-order valence-corrected chi connectivity index (χ4v) is 1.71. The van der Waals surface area contributed by atoms with Gasteiger partial charge in [-0.15, -0.1) is 0 Å². The average molecular weight is 304 g/mol. The molecule has 0 bridgehead atoms. The number of phenolic OH excluding ortho intramolecular Hbond substituents is 1. The third-order valence-corrected chi connectivity index (χ3v) is 2.83. The molecule has 0 heterocycles. The Hall–Kier alpha value is -2.52. The Balaban J connectivity index is 2.70. The SMILES string of the molecule is CCOCCCNC(=O)/C(C#N)=C\c1ccc(O)c(OC)c1. The Bertz CT molecular complexity index is 576. The normalized spacial score (nSPS) is 10.9. The number of nitriles is 1. The van der Waals surface area contributed by atoms with Gasteiger partial charge >= 0.3 is 0 Å². The zero-order valence-corrected chi connectivity index (χ0v) is 12.8. The van der Waals surface area contributed by atoms with E-state index < -0.39 is 5.91 Å². The summed E-state index contributed by atoms with van der Waals surface area (Å²) in [6.45, 7) is 3.55. The van der Waals surface area contributed by atoms with Gasteiger partial charge in [0.15, 0.2) is 11.5 Å². The van der Waals surface area contributed by atoms with Crippen LogP contribution in [0.3, 0.4) is 0 Å². The van der Waals surface area contributed by atoms with Crippen molar-refractivity contribution in [2.24, 2.45) is 0 Å². The van der Waals surface area contributed by atoms with Crippen molar-refractivity contribution in [1.82, 2.24) is 5.32 Å². The number of nitrogens with zero attached hydrogens (tertiary/aromatic N) is 1. The molecule has 1 aromatic carbocycles. The Labute approximate surface area is 130 Å². The van der Waals surface area contributed by atoms with E-state index in [1.54, 1.807) is 12.1 Å². The number of hydrogen-bond donors (Lipinski definition) is 2. The molecule has 0 aliphatic rings. The van der Waals surface area contributed by atoms with Crippen molar-refractivity contribution < 1.29 is 19.4 Å². The molecule has 0 aliphatic heterocycles. The molecule has 0 fully saturated rings. The van der Waals surface area contributed by atoms with Crippen LogP contribution in [0, 0.1) is 11.3 Å². The highest BCUT2D eigenvalue weighted by Gasteiger charge is 2.09. The smallest absolute Gasteiger partial charge is 0.261 e. The molecule has 118 valence electrons. The second-order valence-electron chi connectivity index (χ2n) is 4.41. The van der Waals surface area contributed by atoms with Gasteiger partial charge in [-0.3, -0.25) is 4.79 Å². The summed E-state index contributed by atoms with van der Waals surface area (Å²) >= 11 is 0. The number of nitrogens with one attached hydrogen (secondary N) is 1. The lowest BCUT2D eigenvalue weighted by molar-refractivity contribution is -0.117. The van der Waals surface area contributed by atoms with E-state index in [2.05, 4.69) is 5.32 Å². The summed E-state index contributed by atoms with van der Waals surface area (Å²) in [6, 6.07) is 6.46. The Morgan fingerprint density at radius 2 is 2.27 bits per heavy atom. The number of carbonyl (C=O) groups is 1. The number of rotatable bonds is 8. The molecular formula is C16H20N2O4. The van der Waals surface area contributed by atoms with E-state index in [1.165, 1.54) is 19.3 Å². The van der Waals surface area contributed by atoms with Gasteiger partial charge in [0, 0.05) is 19.8 Å². The second-order valence-corrected chi connectivity index (χ2v) is 4.41. The Morgan fingerprint density at radius 3 is 2.91 bits per heavy atom. The first-order chi connectivity index (χ1) is 10.6. The molecule has 0 unspecified atom stereocenters. The second kappa shape index (κ2) is 9.42. The first kappa shape index (κ1) is 17.5. The van der Waals surface area contributed by atoms with E-state index in [-0.39, 0.29) is 17.1 Å². The molecule has 6 nitrogen and oxygen atoms in total. The summed E-state index contributed by atoms with van der Waals surface area (Å²) in [5.74, 6) is -0.160. The van der Waals surface area contributed by atoms with Crippen LogP contribution in [0.5, 0.6) is 11.5 Å². The predicted octanol–water partition coefficient (Wildman–Crippen LogP) is 1.85. The van der Waals surface area contributed by atoms with Crippen LogP contribution in [0.15, 0.2) is 23.8 Å².